The first-order valence-corrected chi connectivity index (χ1v) is 10.8. The van der Waals surface area contributed by atoms with E-state index in [1.165, 1.54) is 16.1 Å². The third-order valence-corrected chi connectivity index (χ3v) is 6.46. The van der Waals surface area contributed by atoms with Crippen LogP contribution in [0.2, 0.25) is 0 Å². The standard InChI is InChI=1S/C20H27N3O3S/c1-16(2)14-19(17-6-4-3-5-7-17)22-20-9-8-18(15-21-20)27(24,25)23-10-12-26-13-11-23/h3-9,15-16,19H,10-14H2,1-2H3,(H,21,22)/t19-/m0/s1. The molecule has 1 aliphatic rings. The van der Waals surface area contributed by atoms with Gasteiger partial charge in [-0.15, -0.1) is 0 Å². The molecule has 1 aromatic carbocycles. The summed E-state index contributed by atoms with van der Waals surface area (Å²) in [5, 5.41) is 3.45. The van der Waals surface area contributed by atoms with E-state index in [2.05, 4.69) is 36.3 Å². The van der Waals surface area contributed by atoms with E-state index in [-0.39, 0.29) is 10.9 Å². The normalized spacial score (nSPS) is 17.0. The van der Waals surface area contributed by atoms with Crippen molar-refractivity contribution in [1.29, 1.82) is 0 Å². The topological polar surface area (TPSA) is 71.5 Å². The molecular weight excluding hydrogens is 362 g/mol. The van der Waals surface area contributed by atoms with Gasteiger partial charge in [0.05, 0.1) is 19.3 Å². The third kappa shape index (κ3) is 5.06. The van der Waals surface area contributed by atoms with Gasteiger partial charge in [-0.25, -0.2) is 13.4 Å². The van der Waals surface area contributed by atoms with Gasteiger partial charge in [0.25, 0.3) is 0 Å². The van der Waals surface area contributed by atoms with Crippen molar-refractivity contribution in [2.45, 2.75) is 31.2 Å². The number of hydrogen-bond donors (Lipinski definition) is 1. The number of hydrogen-bond acceptors (Lipinski definition) is 5. The molecule has 0 spiro atoms. The van der Waals surface area contributed by atoms with Crippen molar-refractivity contribution in [3.05, 3.63) is 54.2 Å². The van der Waals surface area contributed by atoms with E-state index in [4.69, 9.17) is 4.74 Å². The summed E-state index contributed by atoms with van der Waals surface area (Å²) >= 11 is 0. The number of nitrogens with zero attached hydrogens (tertiary/aromatic N) is 2. The summed E-state index contributed by atoms with van der Waals surface area (Å²) in [6.07, 6.45) is 2.39. The Hall–Kier alpha value is -1.96. The largest absolute Gasteiger partial charge is 0.379 e. The highest BCUT2D eigenvalue weighted by atomic mass is 32.2. The van der Waals surface area contributed by atoms with Gasteiger partial charge in [-0.1, -0.05) is 44.2 Å². The molecule has 2 heterocycles. The first-order chi connectivity index (χ1) is 13.0. The molecule has 3 rings (SSSR count). The van der Waals surface area contributed by atoms with Crippen LogP contribution in [-0.4, -0.2) is 44.0 Å². The van der Waals surface area contributed by atoms with Gasteiger partial charge in [0.15, 0.2) is 0 Å². The van der Waals surface area contributed by atoms with Crippen molar-refractivity contribution in [2.75, 3.05) is 31.6 Å². The first-order valence-electron chi connectivity index (χ1n) is 9.32. The Balaban J connectivity index is 1.75. The molecule has 7 heteroatoms. The monoisotopic (exact) mass is 389 g/mol. The maximum Gasteiger partial charge on any atom is 0.244 e. The molecular formula is C20H27N3O3S. The zero-order valence-corrected chi connectivity index (χ0v) is 16.7. The molecule has 27 heavy (non-hydrogen) atoms. The molecule has 1 aromatic heterocycles. The van der Waals surface area contributed by atoms with E-state index in [0.717, 1.165) is 6.42 Å². The third-order valence-electron chi connectivity index (χ3n) is 4.58. The van der Waals surface area contributed by atoms with Crippen LogP contribution in [0.15, 0.2) is 53.6 Å². The number of ether oxygens (including phenoxy) is 1. The fraction of sp³-hybridized carbons (Fsp3) is 0.450. The number of nitrogens with one attached hydrogen (secondary N) is 1. The van der Waals surface area contributed by atoms with Crippen LogP contribution in [-0.2, 0) is 14.8 Å². The fourth-order valence-electron chi connectivity index (χ4n) is 3.17. The highest BCUT2D eigenvalue weighted by Crippen LogP contribution is 2.26. The van der Waals surface area contributed by atoms with Crippen molar-refractivity contribution in [3.63, 3.8) is 0 Å². The lowest BCUT2D eigenvalue weighted by molar-refractivity contribution is 0.0730. The second-order valence-electron chi connectivity index (χ2n) is 7.13. The summed E-state index contributed by atoms with van der Waals surface area (Å²) in [4.78, 5) is 4.58. The van der Waals surface area contributed by atoms with Gasteiger partial charge in [0, 0.05) is 19.3 Å². The van der Waals surface area contributed by atoms with Crippen LogP contribution in [0.1, 0.15) is 31.9 Å². The molecule has 1 saturated heterocycles. The van der Waals surface area contributed by atoms with Crippen LogP contribution >= 0.6 is 0 Å². The van der Waals surface area contributed by atoms with Gasteiger partial charge in [-0.3, -0.25) is 0 Å². The van der Waals surface area contributed by atoms with E-state index in [9.17, 15) is 8.42 Å². The molecule has 0 saturated carbocycles. The van der Waals surface area contributed by atoms with E-state index < -0.39 is 10.0 Å². The molecule has 1 fully saturated rings. The number of aromatic nitrogens is 1. The Morgan fingerprint density at radius 2 is 1.81 bits per heavy atom. The minimum atomic E-state index is -3.52. The van der Waals surface area contributed by atoms with E-state index in [1.807, 2.05) is 18.2 Å². The van der Waals surface area contributed by atoms with Crippen LogP contribution in [0.25, 0.3) is 0 Å². The number of benzene rings is 1. The maximum absolute atomic E-state index is 12.7. The van der Waals surface area contributed by atoms with Crippen molar-refractivity contribution in [1.82, 2.24) is 9.29 Å². The molecule has 1 N–H and O–H groups in total. The van der Waals surface area contributed by atoms with Crippen LogP contribution in [0, 0.1) is 5.92 Å². The molecule has 0 bridgehead atoms. The van der Waals surface area contributed by atoms with Crippen molar-refractivity contribution in [2.24, 2.45) is 5.92 Å². The molecule has 146 valence electrons. The summed E-state index contributed by atoms with van der Waals surface area (Å²) in [7, 11) is -3.52. The number of rotatable bonds is 7. The predicted molar refractivity (Wildman–Crippen MR) is 106 cm³/mol. The van der Waals surface area contributed by atoms with E-state index in [0.29, 0.717) is 38.0 Å². The number of sulfonamides is 1. The molecule has 2 aromatic rings. The minimum Gasteiger partial charge on any atom is -0.379 e. The molecule has 1 aliphatic heterocycles. The Bertz CT molecular complexity index is 817. The van der Waals surface area contributed by atoms with E-state index in [1.54, 1.807) is 12.1 Å². The smallest absolute Gasteiger partial charge is 0.244 e. The molecule has 0 amide bonds. The Morgan fingerprint density at radius 3 is 2.41 bits per heavy atom. The van der Waals surface area contributed by atoms with Gasteiger partial charge >= 0.3 is 0 Å². The molecule has 6 nitrogen and oxygen atoms in total. The van der Waals surface area contributed by atoms with E-state index >= 15 is 0 Å². The molecule has 0 radical (unpaired) electrons. The van der Waals surface area contributed by atoms with Crippen LogP contribution in [0.4, 0.5) is 5.82 Å². The maximum atomic E-state index is 12.7. The summed E-state index contributed by atoms with van der Waals surface area (Å²) in [5.74, 6) is 1.19. The van der Waals surface area contributed by atoms with Crippen LogP contribution in [0.3, 0.4) is 0 Å². The quantitative estimate of drug-likeness (QED) is 0.787. The van der Waals surface area contributed by atoms with Crippen molar-refractivity contribution in [3.8, 4) is 0 Å². The molecule has 0 unspecified atom stereocenters. The lowest BCUT2D eigenvalue weighted by Crippen LogP contribution is -2.40. The van der Waals surface area contributed by atoms with Gasteiger partial charge in [0.2, 0.25) is 10.0 Å². The first kappa shape index (κ1) is 19.8. The minimum absolute atomic E-state index is 0.125. The van der Waals surface area contributed by atoms with Crippen molar-refractivity contribution < 1.29 is 13.2 Å². The average molecular weight is 390 g/mol. The predicted octanol–water partition coefficient (Wildman–Crippen LogP) is 3.30. The Morgan fingerprint density at radius 1 is 1.11 bits per heavy atom. The summed E-state index contributed by atoms with van der Waals surface area (Å²) in [6.45, 7) is 5.99. The van der Waals surface area contributed by atoms with Gasteiger partial charge in [-0.2, -0.15) is 4.31 Å². The number of anilines is 1. The van der Waals surface area contributed by atoms with Crippen LogP contribution in [0.5, 0.6) is 0 Å². The SMILES string of the molecule is CC(C)C[C@H](Nc1ccc(S(=O)(=O)N2CCOCC2)cn1)c1ccccc1. The zero-order chi connectivity index (χ0) is 19.3. The van der Waals surface area contributed by atoms with Gasteiger partial charge in [-0.05, 0) is 30.0 Å². The lowest BCUT2D eigenvalue weighted by Gasteiger charge is -2.26. The fourth-order valence-corrected chi connectivity index (χ4v) is 4.52. The zero-order valence-electron chi connectivity index (χ0n) is 15.8. The highest BCUT2D eigenvalue weighted by Gasteiger charge is 2.26. The molecule has 0 aliphatic carbocycles. The molecule has 1 atom stereocenters. The number of morpholine rings is 1. The van der Waals surface area contributed by atoms with Crippen molar-refractivity contribution >= 4 is 15.8 Å². The Kier molecular flexibility index (Phi) is 6.46. The highest BCUT2D eigenvalue weighted by molar-refractivity contribution is 7.89. The number of pyridine rings is 1. The van der Waals surface area contributed by atoms with Gasteiger partial charge in [0.1, 0.15) is 10.7 Å². The lowest BCUT2D eigenvalue weighted by atomic mass is 9.97. The summed E-state index contributed by atoms with van der Waals surface area (Å²) in [6, 6.07) is 13.7. The summed E-state index contributed by atoms with van der Waals surface area (Å²) < 4.78 is 32.1. The van der Waals surface area contributed by atoms with Crippen LogP contribution < -0.4 is 5.32 Å². The van der Waals surface area contributed by atoms with Gasteiger partial charge < -0.3 is 10.1 Å². The summed E-state index contributed by atoms with van der Waals surface area (Å²) in [5.41, 5.74) is 1.19. The average Bonchev–Trinajstić information content (AvgIpc) is 2.69. The second-order valence-corrected chi connectivity index (χ2v) is 9.07. The Labute approximate surface area is 161 Å². The second kappa shape index (κ2) is 8.82.